The van der Waals surface area contributed by atoms with Crippen LogP contribution in [0.15, 0.2) is 24.3 Å². The van der Waals surface area contributed by atoms with Gasteiger partial charge in [-0.3, -0.25) is 0 Å². The van der Waals surface area contributed by atoms with E-state index in [-0.39, 0.29) is 0 Å². The molecule has 16 heavy (non-hydrogen) atoms. The molecule has 0 amide bonds. The molecule has 0 atom stereocenters. The van der Waals surface area contributed by atoms with Crippen LogP contribution in [0.2, 0.25) is 0 Å². The van der Waals surface area contributed by atoms with Gasteiger partial charge in [-0.05, 0) is 44.6 Å². The van der Waals surface area contributed by atoms with Gasteiger partial charge in [-0.1, -0.05) is 12.1 Å². The van der Waals surface area contributed by atoms with Gasteiger partial charge >= 0.3 is 0 Å². The lowest BCUT2D eigenvalue weighted by Crippen LogP contribution is -2.26. The molecule has 1 aromatic carbocycles. The van der Waals surface area contributed by atoms with Gasteiger partial charge in [0.15, 0.2) is 0 Å². The zero-order valence-corrected chi connectivity index (χ0v) is 10.3. The molecule has 3 nitrogen and oxygen atoms in total. The first-order valence-corrected chi connectivity index (χ1v) is 5.94. The topological polar surface area (TPSA) is 33.3 Å². The number of rotatable bonds is 8. The average Bonchev–Trinajstić information content (AvgIpc) is 2.31. The van der Waals surface area contributed by atoms with E-state index in [0.717, 1.165) is 38.4 Å². The molecular formula is C13H22N2O. The maximum atomic E-state index is 5.39. The maximum Gasteiger partial charge on any atom is 0.119 e. The third-order valence-electron chi connectivity index (χ3n) is 2.38. The van der Waals surface area contributed by atoms with E-state index >= 15 is 0 Å². The minimum atomic E-state index is 0.727. The van der Waals surface area contributed by atoms with Gasteiger partial charge in [0.2, 0.25) is 0 Å². The Bertz CT molecular complexity index is 272. The smallest absolute Gasteiger partial charge is 0.119 e. The van der Waals surface area contributed by atoms with E-state index in [1.165, 1.54) is 5.56 Å². The summed E-state index contributed by atoms with van der Waals surface area (Å²) >= 11 is 0. The molecular weight excluding hydrogens is 200 g/mol. The second-order valence-corrected chi connectivity index (χ2v) is 3.68. The molecule has 1 aromatic rings. The van der Waals surface area contributed by atoms with Crippen LogP contribution >= 0.6 is 0 Å². The number of likely N-dealkylation sites (N-methyl/N-ethyl adjacent to an activating group) is 1. The molecule has 1 rings (SSSR count). The fourth-order valence-electron chi connectivity index (χ4n) is 1.49. The lowest BCUT2D eigenvalue weighted by atomic mass is 10.1. The summed E-state index contributed by atoms with van der Waals surface area (Å²) in [7, 11) is 1.97. The molecule has 0 bridgehead atoms. The fraction of sp³-hybridized carbons (Fsp3) is 0.538. The number of benzene rings is 1. The van der Waals surface area contributed by atoms with Crippen molar-refractivity contribution in [3.63, 3.8) is 0 Å². The van der Waals surface area contributed by atoms with E-state index in [1.807, 2.05) is 26.1 Å². The van der Waals surface area contributed by atoms with Gasteiger partial charge in [0, 0.05) is 13.1 Å². The predicted molar refractivity (Wildman–Crippen MR) is 68.1 cm³/mol. The first kappa shape index (κ1) is 13.0. The summed E-state index contributed by atoms with van der Waals surface area (Å²) in [6, 6.07) is 8.33. The molecule has 0 aliphatic rings. The van der Waals surface area contributed by atoms with E-state index in [9.17, 15) is 0 Å². The van der Waals surface area contributed by atoms with Gasteiger partial charge in [-0.25, -0.2) is 0 Å². The Balaban J connectivity index is 2.21. The summed E-state index contributed by atoms with van der Waals surface area (Å²) < 4.78 is 5.39. The van der Waals surface area contributed by atoms with Crippen molar-refractivity contribution in [3.8, 4) is 5.75 Å². The molecule has 0 aliphatic heterocycles. The van der Waals surface area contributed by atoms with Crippen LogP contribution in [-0.2, 0) is 6.42 Å². The molecule has 0 aliphatic carbocycles. The van der Waals surface area contributed by atoms with Crippen LogP contribution < -0.4 is 15.4 Å². The molecule has 0 saturated carbocycles. The molecule has 0 spiro atoms. The van der Waals surface area contributed by atoms with E-state index in [0.29, 0.717) is 0 Å². The van der Waals surface area contributed by atoms with Crippen molar-refractivity contribution < 1.29 is 4.74 Å². The number of nitrogens with one attached hydrogen (secondary N) is 2. The van der Waals surface area contributed by atoms with Crippen LogP contribution in [0.4, 0.5) is 0 Å². The molecule has 0 saturated heterocycles. The van der Waals surface area contributed by atoms with Crippen LogP contribution in [0.1, 0.15) is 12.5 Å². The largest absolute Gasteiger partial charge is 0.494 e. The molecule has 0 aromatic heterocycles. The van der Waals surface area contributed by atoms with Crippen molar-refractivity contribution in [1.82, 2.24) is 10.6 Å². The highest BCUT2D eigenvalue weighted by Crippen LogP contribution is 2.11. The van der Waals surface area contributed by atoms with Gasteiger partial charge in [-0.2, -0.15) is 0 Å². The average molecular weight is 222 g/mol. The van der Waals surface area contributed by atoms with E-state index in [2.05, 4.69) is 22.8 Å². The highest BCUT2D eigenvalue weighted by atomic mass is 16.5. The second-order valence-electron chi connectivity index (χ2n) is 3.68. The minimum Gasteiger partial charge on any atom is -0.494 e. The SMILES string of the molecule is CCOc1ccc(CCNCCNC)cc1. The van der Waals surface area contributed by atoms with Gasteiger partial charge in [0.05, 0.1) is 6.61 Å². The standard InChI is InChI=1S/C13H22N2O/c1-3-16-13-6-4-12(5-7-13)8-9-15-11-10-14-2/h4-7,14-15H,3,8-11H2,1-2H3. The summed E-state index contributed by atoms with van der Waals surface area (Å²) in [5, 5.41) is 6.49. The summed E-state index contributed by atoms with van der Waals surface area (Å²) in [6.45, 7) is 5.79. The van der Waals surface area contributed by atoms with Crippen LogP contribution in [0.5, 0.6) is 5.75 Å². The molecule has 2 N–H and O–H groups in total. The second kappa shape index (κ2) is 8.13. The third kappa shape index (κ3) is 5.14. The van der Waals surface area contributed by atoms with Gasteiger partial charge in [0.25, 0.3) is 0 Å². The quantitative estimate of drug-likeness (QED) is 0.653. The van der Waals surface area contributed by atoms with Gasteiger partial charge in [0.1, 0.15) is 5.75 Å². The first-order valence-electron chi connectivity index (χ1n) is 5.94. The Morgan fingerprint density at radius 1 is 1.06 bits per heavy atom. The summed E-state index contributed by atoms with van der Waals surface area (Å²) in [4.78, 5) is 0. The normalized spacial score (nSPS) is 10.4. The zero-order chi connectivity index (χ0) is 11.6. The Morgan fingerprint density at radius 2 is 1.81 bits per heavy atom. The molecule has 0 unspecified atom stereocenters. The molecule has 0 heterocycles. The number of ether oxygens (including phenoxy) is 1. The summed E-state index contributed by atoms with van der Waals surface area (Å²) in [6.07, 6.45) is 1.07. The highest BCUT2D eigenvalue weighted by Gasteiger charge is 1.94. The maximum absolute atomic E-state index is 5.39. The Hall–Kier alpha value is -1.06. The predicted octanol–water partition coefficient (Wildman–Crippen LogP) is 1.44. The minimum absolute atomic E-state index is 0.727. The van der Waals surface area contributed by atoms with E-state index < -0.39 is 0 Å². The molecule has 90 valence electrons. The van der Waals surface area contributed by atoms with Crippen molar-refractivity contribution in [1.29, 1.82) is 0 Å². The van der Waals surface area contributed by atoms with Crippen molar-refractivity contribution in [2.45, 2.75) is 13.3 Å². The number of hydrogen-bond acceptors (Lipinski definition) is 3. The highest BCUT2D eigenvalue weighted by molar-refractivity contribution is 5.27. The monoisotopic (exact) mass is 222 g/mol. The van der Waals surface area contributed by atoms with Gasteiger partial charge in [-0.15, -0.1) is 0 Å². The molecule has 0 radical (unpaired) electrons. The molecule has 0 fully saturated rings. The van der Waals surface area contributed by atoms with Crippen LogP contribution in [0, 0.1) is 0 Å². The Labute approximate surface area is 98.2 Å². The lowest BCUT2D eigenvalue weighted by molar-refractivity contribution is 0.340. The van der Waals surface area contributed by atoms with Crippen molar-refractivity contribution in [2.24, 2.45) is 0 Å². The number of hydrogen-bond donors (Lipinski definition) is 2. The van der Waals surface area contributed by atoms with Crippen LogP contribution in [0.3, 0.4) is 0 Å². The van der Waals surface area contributed by atoms with E-state index in [1.54, 1.807) is 0 Å². The van der Waals surface area contributed by atoms with Crippen molar-refractivity contribution >= 4 is 0 Å². The summed E-state index contributed by atoms with van der Waals surface area (Å²) in [5.41, 5.74) is 1.35. The fourth-order valence-corrected chi connectivity index (χ4v) is 1.49. The van der Waals surface area contributed by atoms with Gasteiger partial charge < -0.3 is 15.4 Å². The van der Waals surface area contributed by atoms with E-state index in [4.69, 9.17) is 4.74 Å². The van der Waals surface area contributed by atoms with Crippen LogP contribution in [0.25, 0.3) is 0 Å². The lowest BCUT2D eigenvalue weighted by Gasteiger charge is -2.06. The third-order valence-corrected chi connectivity index (χ3v) is 2.38. The summed E-state index contributed by atoms with van der Waals surface area (Å²) in [5.74, 6) is 0.953. The van der Waals surface area contributed by atoms with Crippen molar-refractivity contribution in [2.75, 3.05) is 33.3 Å². The van der Waals surface area contributed by atoms with Crippen LogP contribution in [-0.4, -0.2) is 33.3 Å². The molecule has 3 heteroatoms. The van der Waals surface area contributed by atoms with Crippen molar-refractivity contribution in [3.05, 3.63) is 29.8 Å². The zero-order valence-electron chi connectivity index (χ0n) is 10.3. The Morgan fingerprint density at radius 3 is 2.44 bits per heavy atom. The first-order chi connectivity index (χ1) is 7.86. The Kier molecular flexibility index (Phi) is 6.61.